The van der Waals surface area contributed by atoms with Gasteiger partial charge in [-0.2, -0.15) is 0 Å². The lowest BCUT2D eigenvalue weighted by Crippen LogP contribution is -2.38. The molecule has 8 heteroatoms. The lowest BCUT2D eigenvalue weighted by molar-refractivity contribution is 0.322. The van der Waals surface area contributed by atoms with E-state index in [-0.39, 0.29) is 29.8 Å². The van der Waals surface area contributed by atoms with Crippen molar-refractivity contribution in [3.63, 3.8) is 0 Å². The Hall–Kier alpha value is -2.23. The quantitative estimate of drug-likeness (QED) is 0.325. The highest BCUT2D eigenvalue weighted by Crippen LogP contribution is 2.39. The number of rotatable bonds is 8. The Morgan fingerprint density at radius 1 is 1.07 bits per heavy atom. The molecule has 0 saturated heterocycles. The van der Waals surface area contributed by atoms with Crippen LogP contribution in [0.5, 0.6) is 17.2 Å². The van der Waals surface area contributed by atoms with E-state index in [9.17, 15) is 4.39 Å². The van der Waals surface area contributed by atoms with Crippen molar-refractivity contribution in [2.45, 2.75) is 20.0 Å². The summed E-state index contributed by atoms with van der Waals surface area (Å²) in [6, 6.07) is 10.3. The van der Waals surface area contributed by atoms with Gasteiger partial charge in [0.15, 0.2) is 17.5 Å². The van der Waals surface area contributed by atoms with Crippen molar-refractivity contribution in [1.29, 1.82) is 0 Å². The number of hydrogen-bond acceptors (Lipinski definition) is 4. The fraction of sp³-hybridized carbons (Fsp3) is 0.381. The molecule has 0 aliphatic carbocycles. The summed E-state index contributed by atoms with van der Waals surface area (Å²) in [6.07, 6.45) is 0. The third-order valence-corrected chi connectivity index (χ3v) is 4.19. The van der Waals surface area contributed by atoms with Gasteiger partial charge in [-0.15, -0.1) is 24.0 Å². The highest BCUT2D eigenvalue weighted by Gasteiger charge is 2.16. The molecule has 0 aliphatic rings. The zero-order chi connectivity index (χ0) is 20.5. The second kappa shape index (κ2) is 12.4. The molecule has 0 bridgehead atoms. The molecule has 0 radical (unpaired) electrons. The Kier molecular flexibility index (Phi) is 10.6. The molecule has 0 spiro atoms. The molecular formula is C21H29FIN3O3. The van der Waals surface area contributed by atoms with E-state index >= 15 is 0 Å². The molecule has 0 saturated carbocycles. The van der Waals surface area contributed by atoms with E-state index in [0.29, 0.717) is 36.3 Å². The van der Waals surface area contributed by atoms with Crippen molar-refractivity contribution in [2.24, 2.45) is 4.99 Å². The maximum Gasteiger partial charge on any atom is 0.203 e. The zero-order valence-corrected chi connectivity index (χ0v) is 19.8. The normalized spacial score (nSPS) is 10.8. The number of guanidine groups is 1. The summed E-state index contributed by atoms with van der Waals surface area (Å²) in [5.74, 6) is 2.19. The lowest BCUT2D eigenvalue weighted by Gasteiger charge is -2.22. The van der Waals surface area contributed by atoms with Gasteiger partial charge in [0.25, 0.3) is 0 Å². The number of benzene rings is 2. The molecule has 160 valence electrons. The highest BCUT2D eigenvalue weighted by molar-refractivity contribution is 14.0. The average molecular weight is 517 g/mol. The molecule has 2 aromatic carbocycles. The molecule has 2 rings (SSSR count). The summed E-state index contributed by atoms with van der Waals surface area (Å²) >= 11 is 0. The Balaban J connectivity index is 0.00000420. The predicted octanol–water partition coefficient (Wildman–Crippen LogP) is 4.07. The number of methoxy groups -OCH3 is 3. The van der Waals surface area contributed by atoms with Crippen LogP contribution >= 0.6 is 24.0 Å². The highest BCUT2D eigenvalue weighted by atomic mass is 127. The van der Waals surface area contributed by atoms with Crippen molar-refractivity contribution < 1.29 is 18.6 Å². The third kappa shape index (κ3) is 6.66. The smallest absolute Gasteiger partial charge is 0.203 e. The Morgan fingerprint density at radius 3 is 2.38 bits per heavy atom. The number of hydrogen-bond donors (Lipinski definition) is 1. The fourth-order valence-corrected chi connectivity index (χ4v) is 2.90. The molecule has 0 atom stereocenters. The Bertz CT molecular complexity index is 818. The minimum absolute atomic E-state index is 0. The van der Waals surface area contributed by atoms with Crippen molar-refractivity contribution in [3.05, 3.63) is 53.3 Å². The monoisotopic (exact) mass is 517 g/mol. The van der Waals surface area contributed by atoms with Crippen LogP contribution in [-0.2, 0) is 13.1 Å². The van der Waals surface area contributed by atoms with Gasteiger partial charge in [0.05, 0.1) is 27.9 Å². The number of nitrogens with zero attached hydrogens (tertiary/aromatic N) is 2. The molecule has 0 fully saturated rings. The third-order valence-electron chi connectivity index (χ3n) is 4.19. The standard InChI is InChI=1S/C21H28FN3O3.HI/c1-6-23-21(25(2)14-15-8-7-9-17(22)12-15)24-13-16-10-11-18(26-3)20(28-5)19(16)27-4;/h7-12H,6,13-14H2,1-5H3,(H,23,24);1H. The molecule has 0 unspecified atom stereocenters. The molecule has 0 amide bonds. The maximum absolute atomic E-state index is 13.5. The van der Waals surface area contributed by atoms with Gasteiger partial charge >= 0.3 is 0 Å². The van der Waals surface area contributed by atoms with Gasteiger partial charge in [-0.25, -0.2) is 9.38 Å². The molecule has 29 heavy (non-hydrogen) atoms. The van der Waals surface area contributed by atoms with Gasteiger partial charge in [0, 0.05) is 25.7 Å². The van der Waals surface area contributed by atoms with E-state index in [1.165, 1.54) is 12.1 Å². The fourth-order valence-electron chi connectivity index (χ4n) is 2.90. The van der Waals surface area contributed by atoms with Crippen LogP contribution in [0.4, 0.5) is 4.39 Å². The molecule has 0 heterocycles. The SMILES string of the molecule is CCNC(=NCc1ccc(OC)c(OC)c1OC)N(C)Cc1cccc(F)c1.I. The van der Waals surface area contributed by atoms with Crippen LogP contribution in [0, 0.1) is 5.82 Å². The summed E-state index contributed by atoms with van der Waals surface area (Å²) in [7, 11) is 6.66. The summed E-state index contributed by atoms with van der Waals surface area (Å²) in [5, 5.41) is 3.26. The Morgan fingerprint density at radius 2 is 1.79 bits per heavy atom. The number of nitrogens with one attached hydrogen (secondary N) is 1. The number of aliphatic imine (C=N–C) groups is 1. The summed E-state index contributed by atoms with van der Waals surface area (Å²) in [5.41, 5.74) is 1.74. The summed E-state index contributed by atoms with van der Waals surface area (Å²) in [6.45, 7) is 3.64. The first kappa shape index (κ1) is 24.8. The molecular weight excluding hydrogens is 488 g/mol. The molecule has 6 nitrogen and oxygen atoms in total. The minimum Gasteiger partial charge on any atom is -0.493 e. The van der Waals surface area contributed by atoms with Gasteiger partial charge < -0.3 is 24.4 Å². The van der Waals surface area contributed by atoms with Gasteiger partial charge in [-0.1, -0.05) is 12.1 Å². The minimum atomic E-state index is -0.247. The van der Waals surface area contributed by atoms with Gasteiger partial charge in [-0.3, -0.25) is 0 Å². The first-order valence-electron chi connectivity index (χ1n) is 9.05. The first-order chi connectivity index (χ1) is 13.5. The van der Waals surface area contributed by atoms with Crippen molar-refractivity contribution in [3.8, 4) is 17.2 Å². The second-order valence-electron chi connectivity index (χ2n) is 6.15. The molecule has 2 aromatic rings. The molecule has 0 aliphatic heterocycles. The van der Waals surface area contributed by atoms with Gasteiger partial charge in [0.1, 0.15) is 5.82 Å². The zero-order valence-electron chi connectivity index (χ0n) is 17.5. The summed E-state index contributed by atoms with van der Waals surface area (Å²) < 4.78 is 29.7. The van der Waals surface area contributed by atoms with Crippen molar-refractivity contribution >= 4 is 29.9 Å². The van der Waals surface area contributed by atoms with Crippen LogP contribution in [0.1, 0.15) is 18.1 Å². The topological polar surface area (TPSA) is 55.3 Å². The second-order valence-corrected chi connectivity index (χ2v) is 6.15. The number of ether oxygens (including phenoxy) is 3. The first-order valence-corrected chi connectivity index (χ1v) is 9.05. The van der Waals surface area contributed by atoms with Gasteiger partial charge in [0.2, 0.25) is 5.75 Å². The van der Waals surface area contributed by atoms with Crippen LogP contribution in [0.3, 0.4) is 0 Å². The van der Waals surface area contributed by atoms with E-state index in [0.717, 1.165) is 17.7 Å². The van der Waals surface area contributed by atoms with E-state index in [4.69, 9.17) is 19.2 Å². The van der Waals surface area contributed by atoms with Crippen LogP contribution in [-0.4, -0.2) is 45.8 Å². The Labute approximate surface area is 189 Å². The van der Waals surface area contributed by atoms with Crippen LogP contribution in [0.25, 0.3) is 0 Å². The van der Waals surface area contributed by atoms with Crippen LogP contribution in [0.2, 0.25) is 0 Å². The predicted molar refractivity (Wildman–Crippen MR) is 124 cm³/mol. The molecule has 0 aromatic heterocycles. The largest absolute Gasteiger partial charge is 0.493 e. The average Bonchev–Trinajstić information content (AvgIpc) is 2.70. The van der Waals surface area contributed by atoms with E-state index in [2.05, 4.69) is 5.32 Å². The summed E-state index contributed by atoms with van der Waals surface area (Å²) in [4.78, 5) is 6.65. The van der Waals surface area contributed by atoms with Crippen LogP contribution < -0.4 is 19.5 Å². The van der Waals surface area contributed by atoms with Crippen molar-refractivity contribution in [2.75, 3.05) is 34.9 Å². The van der Waals surface area contributed by atoms with E-state index in [1.807, 2.05) is 37.1 Å². The van der Waals surface area contributed by atoms with Crippen molar-refractivity contribution in [1.82, 2.24) is 10.2 Å². The van der Waals surface area contributed by atoms with Gasteiger partial charge in [-0.05, 0) is 36.8 Å². The number of halogens is 2. The van der Waals surface area contributed by atoms with E-state index < -0.39 is 0 Å². The maximum atomic E-state index is 13.5. The van der Waals surface area contributed by atoms with E-state index in [1.54, 1.807) is 27.4 Å². The lowest BCUT2D eigenvalue weighted by atomic mass is 10.1. The van der Waals surface area contributed by atoms with Crippen LogP contribution in [0.15, 0.2) is 41.4 Å². The molecule has 1 N–H and O–H groups in total.